The molecule has 0 saturated heterocycles. The van der Waals surface area contributed by atoms with Crippen molar-refractivity contribution >= 4 is 28.7 Å². The van der Waals surface area contributed by atoms with Gasteiger partial charge >= 0.3 is 5.97 Å². The molecule has 1 heterocycles. The van der Waals surface area contributed by atoms with E-state index in [1.165, 1.54) is 18.4 Å². The van der Waals surface area contributed by atoms with Gasteiger partial charge in [0.25, 0.3) is 0 Å². The maximum absolute atomic E-state index is 12.2. The Morgan fingerprint density at radius 2 is 1.77 bits per heavy atom. The van der Waals surface area contributed by atoms with Crippen molar-refractivity contribution in [1.82, 2.24) is 0 Å². The lowest BCUT2D eigenvalue weighted by Crippen LogP contribution is -2.07. The number of nitrogens with zero attached hydrogens (tertiary/aromatic N) is 1. The van der Waals surface area contributed by atoms with Gasteiger partial charge in [-0.25, -0.2) is 4.79 Å². The van der Waals surface area contributed by atoms with Crippen LogP contribution in [0.5, 0.6) is 0 Å². The van der Waals surface area contributed by atoms with Gasteiger partial charge in [0.2, 0.25) is 0 Å². The van der Waals surface area contributed by atoms with Gasteiger partial charge in [0.1, 0.15) is 4.88 Å². The molecule has 1 aromatic heterocycles. The number of hydrogen-bond donors (Lipinski definition) is 1. The minimum Gasteiger partial charge on any atom is -0.465 e. The van der Waals surface area contributed by atoms with Crippen molar-refractivity contribution in [1.29, 1.82) is 0 Å². The number of ether oxygens (including phenoxy) is 1. The number of rotatable bonds is 6. The molecule has 0 amide bonds. The number of anilines is 2. The van der Waals surface area contributed by atoms with E-state index in [9.17, 15) is 4.79 Å². The first-order valence-electron chi connectivity index (χ1n) is 8.36. The van der Waals surface area contributed by atoms with Crippen molar-refractivity contribution in [3.05, 3.63) is 71.1 Å². The molecule has 0 aliphatic carbocycles. The molecule has 3 aromatic rings. The highest BCUT2D eigenvalue weighted by atomic mass is 32.1. The average molecular weight is 366 g/mol. The molecule has 134 valence electrons. The summed E-state index contributed by atoms with van der Waals surface area (Å²) in [6.45, 7) is 0.653. The predicted octanol–water partition coefficient (Wildman–Crippen LogP) is 4.88. The highest BCUT2D eigenvalue weighted by Crippen LogP contribution is 2.36. The molecule has 0 radical (unpaired) electrons. The molecule has 0 atom stereocenters. The minimum absolute atomic E-state index is 0.318. The molecule has 1 N–H and O–H groups in total. The van der Waals surface area contributed by atoms with Gasteiger partial charge in [-0.05, 0) is 29.3 Å². The minimum atomic E-state index is -0.318. The molecular formula is C21H22N2O2S. The molecule has 0 aliphatic rings. The van der Waals surface area contributed by atoms with Crippen molar-refractivity contribution in [2.75, 3.05) is 31.4 Å². The van der Waals surface area contributed by atoms with Crippen LogP contribution < -0.4 is 10.2 Å². The van der Waals surface area contributed by atoms with Gasteiger partial charge in [-0.2, -0.15) is 0 Å². The molecular weight excluding hydrogens is 344 g/mol. The van der Waals surface area contributed by atoms with E-state index in [1.807, 2.05) is 38.4 Å². The van der Waals surface area contributed by atoms with Crippen molar-refractivity contribution in [2.45, 2.75) is 6.54 Å². The van der Waals surface area contributed by atoms with Crippen molar-refractivity contribution < 1.29 is 9.53 Å². The summed E-state index contributed by atoms with van der Waals surface area (Å²) in [6.07, 6.45) is 0. The fourth-order valence-corrected chi connectivity index (χ4v) is 3.68. The summed E-state index contributed by atoms with van der Waals surface area (Å²) in [5.74, 6) is -0.318. The molecule has 26 heavy (non-hydrogen) atoms. The van der Waals surface area contributed by atoms with Crippen LogP contribution in [0.25, 0.3) is 10.4 Å². The predicted molar refractivity (Wildman–Crippen MR) is 109 cm³/mol. The summed E-state index contributed by atoms with van der Waals surface area (Å²) in [4.78, 5) is 15.9. The lowest BCUT2D eigenvalue weighted by Gasteiger charge is -2.12. The number of nitrogens with one attached hydrogen (secondary N) is 1. The third-order valence-electron chi connectivity index (χ3n) is 4.10. The van der Waals surface area contributed by atoms with Gasteiger partial charge in [0.05, 0.1) is 12.8 Å². The largest absolute Gasteiger partial charge is 0.465 e. The van der Waals surface area contributed by atoms with Gasteiger partial charge in [-0.1, -0.05) is 42.5 Å². The highest BCUT2D eigenvalue weighted by molar-refractivity contribution is 7.18. The first-order valence-corrected chi connectivity index (χ1v) is 9.18. The van der Waals surface area contributed by atoms with E-state index >= 15 is 0 Å². The number of esters is 1. The van der Waals surface area contributed by atoms with Crippen LogP contribution in [0.3, 0.4) is 0 Å². The van der Waals surface area contributed by atoms with Crippen LogP contribution in [-0.4, -0.2) is 27.2 Å². The molecule has 4 nitrogen and oxygen atoms in total. The Morgan fingerprint density at radius 1 is 1.08 bits per heavy atom. The Bertz CT molecular complexity index is 871. The third kappa shape index (κ3) is 4.06. The lowest BCUT2D eigenvalue weighted by atomic mass is 10.1. The van der Waals surface area contributed by atoms with Gasteiger partial charge < -0.3 is 15.0 Å². The van der Waals surface area contributed by atoms with E-state index in [-0.39, 0.29) is 5.97 Å². The van der Waals surface area contributed by atoms with Crippen LogP contribution in [0.2, 0.25) is 0 Å². The van der Waals surface area contributed by atoms with E-state index in [4.69, 9.17) is 4.74 Å². The number of benzene rings is 2. The van der Waals surface area contributed by atoms with Crippen molar-refractivity contribution in [3.8, 4) is 10.4 Å². The molecule has 0 bridgehead atoms. The van der Waals surface area contributed by atoms with Gasteiger partial charge in [0, 0.05) is 31.2 Å². The quantitative estimate of drug-likeness (QED) is 0.631. The zero-order valence-electron chi connectivity index (χ0n) is 15.2. The first-order chi connectivity index (χ1) is 12.6. The highest BCUT2D eigenvalue weighted by Gasteiger charge is 2.17. The van der Waals surface area contributed by atoms with E-state index in [0.717, 1.165) is 27.4 Å². The van der Waals surface area contributed by atoms with Crippen molar-refractivity contribution in [3.63, 3.8) is 0 Å². The average Bonchev–Trinajstić information content (AvgIpc) is 3.11. The molecule has 3 rings (SSSR count). The van der Waals surface area contributed by atoms with Crippen LogP contribution >= 0.6 is 11.3 Å². The van der Waals surface area contributed by atoms with Gasteiger partial charge in [-0.3, -0.25) is 0 Å². The molecule has 0 saturated carbocycles. The second kappa shape index (κ2) is 8.06. The maximum Gasteiger partial charge on any atom is 0.350 e. The number of hydrogen-bond acceptors (Lipinski definition) is 5. The van der Waals surface area contributed by atoms with Gasteiger partial charge in [0.15, 0.2) is 0 Å². The SMILES string of the molecule is COC(=O)c1sc(-c2ccc(N(C)C)cc2)cc1NCc1ccccc1. The van der Waals surface area contributed by atoms with Crippen molar-refractivity contribution in [2.24, 2.45) is 0 Å². The zero-order valence-corrected chi connectivity index (χ0v) is 16.0. The summed E-state index contributed by atoms with van der Waals surface area (Å²) in [5.41, 5.74) is 4.18. The van der Waals surface area contributed by atoms with Crippen LogP contribution in [-0.2, 0) is 11.3 Å². The standard InChI is InChI=1S/C21H22N2O2S/c1-23(2)17-11-9-16(10-12-17)19-13-18(20(26-19)21(24)25-3)22-14-15-7-5-4-6-8-15/h4-13,22H,14H2,1-3H3. The molecule has 2 aromatic carbocycles. The topological polar surface area (TPSA) is 41.6 Å². The number of carbonyl (C=O) groups excluding carboxylic acids is 1. The van der Waals surface area contributed by atoms with Gasteiger partial charge in [-0.15, -0.1) is 11.3 Å². The second-order valence-electron chi connectivity index (χ2n) is 6.13. The Kier molecular flexibility index (Phi) is 5.58. The van der Waals surface area contributed by atoms with Crippen LogP contribution in [0.1, 0.15) is 15.2 Å². The third-order valence-corrected chi connectivity index (χ3v) is 5.26. The van der Waals surface area contributed by atoms with E-state index in [2.05, 4.69) is 46.6 Å². The summed E-state index contributed by atoms with van der Waals surface area (Å²) >= 11 is 1.44. The Labute approximate surface area is 158 Å². The maximum atomic E-state index is 12.2. The summed E-state index contributed by atoms with van der Waals surface area (Å²) < 4.78 is 4.95. The smallest absolute Gasteiger partial charge is 0.350 e. The lowest BCUT2D eigenvalue weighted by molar-refractivity contribution is 0.0607. The molecule has 0 fully saturated rings. The molecule has 0 unspecified atom stereocenters. The van der Waals surface area contributed by atoms with Crippen LogP contribution in [0.4, 0.5) is 11.4 Å². The monoisotopic (exact) mass is 366 g/mol. The Hall–Kier alpha value is -2.79. The van der Waals surface area contributed by atoms with E-state index in [0.29, 0.717) is 11.4 Å². The second-order valence-corrected chi connectivity index (χ2v) is 7.18. The zero-order chi connectivity index (χ0) is 18.5. The molecule has 0 spiro atoms. The number of methoxy groups -OCH3 is 1. The van der Waals surface area contributed by atoms with Crippen LogP contribution in [0, 0.1) is 0 Å². The Morgan fingerprint density at radius 3 is 2.38 bits per heavy atom. The fourth-order valence-electron chi connectivity index (χ4n) is 2.63. The summed E-state index contributed by atoms with van der Waals surface area (Å²) in [5, 5.41) is 3.37. The summed E-state index contributed by atoms with van der Waals surface area (Å²) in [6, 6.07) is 20.4. The molecule has 0 aliphatic heterocycles. The van der Waals surface area contributed by atoms with E-state index in [1.54, 1.807) is 0 Å². The molecule has 5 heteroatoms. The Balaban J connectivity index is 1.87. The van der Waals surface area contributed by atoms with Crippen LogP contribution in [0.15, 0.2) is 60.7 Å². The summed E-state index contributed by atoms with van der Waals surface area (Å²) in [7, 11) is 5.44. The first kappa shape index (κ1) is 18.0. The number of carbonyl (C=O) groups is 1. The normalized spacial score (nSPS) is 10.4. The fraction of sp³-hybridized carbons (Fsp3) is 0.190. The number of thiophene rings is 1. The van der Waals surface area contributed by atoms with E-state index < -0.39 is 0 Å².